The highest BCUT2D eigenvalue weighted by molar-refractivity contribution is 7.58. The molecular formula is C11H8Cl2N4S2. The summed E-state index contributed by atoms with van der Waals surface area (Å²) in [6, 6.07) is 1.72. The largest absolute Gasteiger partial charge is 0.374 e. The molecule has 2 heterocycles. The van der Waals surface area contributed by atoms with Crippen molar-refractivity contribution in [3.05, 3.63) is 32.7 Å². The Bertz CT molecular complexity index is 693. The van der Waals surface area contributed by atoms with E-state index in [9.17, 15) is 0 Å². The van der Waals surface area contributed by atoms with Crippen LogP contribution in [-0.4, -0.2) is 4.98 Å². The van der Waals surface area contributed by atoms with Crippen molar-refractivity contribution in [3.63, 3.8) is 0 Å². The molecule has 0 saturated heterocycles. The van der Waals surface area contributed by atoms with E-state index in [2.05, 4.69) is 19.0 Å². The van der Waals surface area contributed by atoms with Gasteiger partial charge in [0.2, 0.25) is 0 Å². The predicted octanol–water partition coefficient (Wildman–Crippen LogP) is 5.35. The number of hydrogen-bond acceptors (Lipinski definition) is 5. The second-order valence-electron chi connectivity index (χ2n) is 3.96. The predicted molar refractivity (Wildman–Crippen MR) is 82.2 cm³/mol. The van der Waals surface area contributed by atoms with Gasteiger partial charge in [-0.05, 0) is 13.0 Å². The summed E-state index contributed by atoms with van der Waals surface area (Å²) >= 11 is 15.0. The summed E-state index contributed by atoms with van der Waals surface area (Å²) in [5, 5.41) is 6.37. The van der Waals surface area contributed by atoms with Crippen molar-refractivity contribution in [3.8, 4) is 0 Å². The molecule has 0 amide bonds. The second kappa shape index (κ2) is 5.20. The van der Waals surface area contributed by atoms with Crippen LogP contribution in [0.2, 0.25) is 10.0 Å². The van der Waals surface area contributed by atoms with E-state index in [4.69, 9.17) is 23.2 Å². The van der Waals surface area contributed by atoms with E-state index in [0.29, 0.717) is 21.4 Å². The van der Waals surface area contributed by atoms with Crippen molar-refractivity contribution in [1.82, 2.24) is 4.98 Å². The molecule has 19 heavy (non-hydrogen) atoms. The van der Waals surface area contributed by atoms with Crippen molar-refractivity contribution in [2.45, 2.75) is 13.0 Å². The van der Waals surface area contributed by atoms with Gasteiger partial charge in [0.25, 0.3) is 0 Å². The van der Waals surface area contributed by atoms with Gasteiger partial charge in [-0.25, -0.2) is 4.98 Å². The Morgan fingerprint density at radius 2 is 2.00 bits per heavy atom. The second-order valence-corrected chi connectivity index (χ2v) is 6.02. The molecular weight excluding hydrogens is 323 g/mol. The number of nitrogens with one attached hydrogen (secondary N) is 1. The molecule has 1 aliphatic rings. The van der Waals surface area contributed by atoms with Gasteiger partial charge in [0, 0.05) is 5.38 Å². The third-order valence-electron chi connectivity index (χ3n) is 2.70. The first-order valence-electron chi connectivity index (χ1n) is 5.41. The minimum Gasteiger partial charge on any atom is -0.374 e. The van der Waals surface area contributed by atoms with Gasteiger partial charge in [-0.15, -0.1) is 11.3 Å². The van der Waals surface area contributed by atoms with E-state index >= 15 is 0 Å². The Hall–Kier alpha value is -0.950. The monoisotopic (exact) mass is 330 g/mol. The van der Waals surface area contributed by atoms with Crippen LogP contribution in [0.4, 0.5) is 17.1 Å². The average Bonchev–Trinajstić information content (AvgIpc) is 3.04. The standard InChI is InChI=1S/C11H8Cl2N4S2/c1-5(8-3-18-4-14-8)15-9-6(12)2-7(13)10-11(9)17-19-16-10/h2-5,15H,1H3. The Labute approximate surface area is 127 Å². The summed E-state index contributed by atoms with van der Waals surface area (Å²) in [4.78, 5) is 4.28. The van der Waals surface area contributed by atoms with E-state index in [0.717, 1.165) is 22.7 Å². The molecule has 3 rings (SSSR count). The Kier molecular flexibility index (Phi) is 3.58. The molecule has 0 bridgehead atoms. The van der Waals surface area contributed by atoms with Gasteiger partial charge in [-0.3, -0.25) is 0 Å². The zero-order chi connectivity index (χ0) is 13.4. The molecule has 1 unspecified atom stereocenters. The number of anilines is 1. The molecule has 1 N–H and O–H groups in total. The van der Waals surface area contributed by atoms with Gasteiger partial charge in [-0.1, -0.05) is 23.2 Å². The fourth-order valence-electron chi connectivity index (χ4n) is 1.74. The van der Waals surface area contributed by atoms with Crippen LogP contribution in [-0.2, 0) is 11.4 Å². The molecule has 0 aliphatic carbocycles. The summed E-state index contributed by atoms with van der Waals surface area (Å²) in [5.41, 5.74) is 4.88. The summed E-state index contributed by atoms with van der Waals surface area (Å²) in [6.07, 6.45) is 0. The first kappa shape index (κ1) is 13.1. The van der Waals surface area contributed by atoms with Gasteiger partial charge in [0.05, 0.1) is 44.3 Å². The number of hydrogen-bond donors (Lipinski definition) is 1. The van der Waals surface area contributed by atoms with Crippen LogP contribution in [0.5, 0.6) is 0 Å². The molecule has 98 valence electrons. The molecule has 0 fully saturated rings. The lowest BCUT2D eigenvalue weighted by Crippen LogP contribution is -2.07. The minimum atomic E-state index is 0.0369. The normalized spacial score (nSPS) is 14.1. The maximum Gasteiger partial charge on any atom is 0.130 e. The molecule has 0 radical (unpaired) electrons. The van der Waals surface area contributed by atoms with Gasteiger partial charge in [-0.2, -0.15) is 8.73 Å². The molecule has 4 nitrogen and oxygen atoms in total. The SMILES string of the molecule is CC(Nc1c(Cl)cc(Cl)c2c1N=S=N2)c1cscn1. The molecule has 1 atom stereocenters. The number of aromatic nitrogens is 1. The van der Waals surface area contributed by atoms with E-state index < -0.39 is 0 Å². The first-order valence-corrected chi connectivity index (χ1v) is 7.84. The Balaban J connectivity index is 1.98. The maximum absolute atomic E-state index is 6.24. The lowest BCUT2D eigenvalue weighted by molar-refractivity contribution is 0.850. The number of benzene rings is 1. The highest BCUT2D eigenvalue weighted by Crippen LogP contribution is 2.48. The zero-order valence-corrected chi connectivity index (χ0v) is 12.9. The lowest BCUT2D eigenvalue weighted by Gasteiger charge is -2.16. The summed E-state index contributed by atoms with van der Waals surface area (Å²) < 4.78 is 8.43. The highest BCUT2D eigenvalue weighted by Gasteiger charge is 2.20. The fourth-order valence-corrected chi connectivity index (χ4v) is 3.55. The van der Waals surface area contributed by atoms with Crippen LogP contribution >= 0.6 is 34.5 Å². The van der Waals surface area contributed by atoms with Crippen molar-refractivity contribution in [2.75, 3.05) is 5.32 Å². The smallest absolute Gasteiger partial charge is 0.130 e. The van der Waals surface area contributed by atoms with E-state index in [1.54, 1.807) is 22.9 Å². The summed E-state index contributed by atoms with van der Waals surface area (Å²) in [7, 11) is 0. The van der Waals surface area contributed by atoms with Crippen LogP contribution in [0, 0.1) is 0 Å². The van der Waals surface area contributed by atoms with Crippen molar-refractivity contribution < 1.29 is 0 Å². The molecule has 1 aromatic carbocycles. The van der Waals surface area contributed by atoms with E-state index in [-0.39, 0.29) is 6.04 Å². The quantitative estimate of drug-likeness (QED) is 0.703. The fraction of sp³-hybridized carbons (Fsp3) is 0.182. The zero-order valence-electron chi connectivity index (χ0n) is 9.72. The Morgan fingerprint density at radius 1 is 1.21 bits per heavy atom. The molecule has 8 heteroatoms. The number of fused-ring (bicyclic) bond motifs is 1. The van der Waals surface area contributed by atoms with Crippen LogP contribution in [0.15, 0.2) is 25.7 Å². The van der Waals surface area contributed by atoms with Crippen molar-refractivity contribution in [1.29, 1.82) is 0 Å². The number of rotatable bonds is 3. The van der Waals surface area contributed by atoms with Gasteiger partial charge in [0.1, 0.15) is 11.4 Å². The number of thiazole rings is 1. The van der Waals surface area contributed by atoms with Crippen LogP contribution < -0.4 is 5.32 Å². The van der Waals surface area contributed by atoms with Crippen molar-refractivity contribution >= 4 is 63.0 Å². The van der Waals surface area contributed by atoms with E-state index in [1.807, 2.05) is 12.3 Å². The minimum absolute atomic E-state index is 0.0369. The highest BCUT2D eigenvalue weighted by atomic mass is 35.5. The van der Waals surface area contributed by atoms with Crippen LogP contribution in [0.25, 0.3) is 0 Å². The van der Waals surface area contributed by atoms with Gasteiger partial charge >= 0.3 is 0 Å². The third-order valence-corrected chi connectivity index (χ3v) is 4.42. The van der Waals surface area contributed by atoms with Gasteiger partial charge in [0.15, 0.2) is 0 Å². The number of halogens is 2. The van der Waals surface area contributed by atoms with Crippen molar-refractivity contribution in [2.24, 2.45) is 8.73 Å². The number of nitrogens with zero attached hydrogens (tertiary/aromatic N) is 3. The maximum atomic E-state index is 6.24. The lowest BCUT2D eigenvalue weighted by atomic mass is 10.2. The molecule has 2 aromatic rings. The van der Waals surface area contributed by atoms with E-state index in [1.165, 1.54) is 0 Å². The van der Waals surface area contributed by atoms with Crippen LogP contribution in [0.3, 0.4) is 0 Å². The molecule has 1 aromatic heterocycles. The summed E-state index contributed by atoms with van der Waals surface area (Å²) in [5.74, 6) is 0. The van der Waals surface area contributed by atoms with Crippen LogP contribution in [0.1, 0.15) is 18.7 Å². The topological polar surface area (TPSA) is 49.6 Å². The summed E-state index contributed by atoms with van der Waals surface area (Å²) in [6.45, 7) is 2.02. The molecule has 0 saturated carbocycles. The Morgan fingerprint density at radius 3 is 2.74 bits per heavy atom. The van der Waals surface area contributed by atoms with Gasteiger partial charge < -0.3 is 5.32 Å². The molecule has 1 aliphatic heterocycles. The average molecular weight is 331 g/mol. The first-order chi connectivity index (χ1) is 9.16. The molecule has 0 spiro atoms. The third kappa shape index (κ3) is 2.41.